The molecule has 3 unspecified atom stereocenters. The molecule has 0 saturated heterocycles. The van der Waals surface area contributed by atoms with Gasteiger partial charge in [0.2, 0.25) is 0 Å². The summed E-state index contributed by atoms with van der Waals surface area (Å²) in [5.74, 6) is 2.27. The Kier molecular flexibility index (Phi) is 3.70. The average molecular weight is 277 g/mol. The number of aromatic hydroxyl groups is 2. The molecule has 20 heavy (non-hydrogen) atoms. The van der Waals surface area contributed by atoms with Crippen molar-refractivity contribution in [1.29, 1.82) is 0 Å². The molecule has 2 aliphatic rings. The molecule has 2 aliphatic carbocycles. The van der Waals surface area contributed by atoms with Crippen LogP contribution < -0.4 is 0 Å². The second kappa shape index (κ2) is 5.34. The molecule has 2 N–H and O–H groups in total. The summed E-state index contributed by atoms with van der Waals surface area (Å²) in [6, 6.07) is 0. The normalized spacial score (nSPS) is 25.1. The second-order valence-electron chi connectivity index (χ2n) is 6.71. The Hall–Kier alpha value is -1.12. The summed E-state index contributed by atoms with van der Waals surface area (Å²) in [5.41, 5.74) is 2.15. The third-order valence-electron chi connectivity index (χ3n) is 5.52. The molecule has 0 spiro atoms. The molecule has 3 rings (SSSR count). The molecule has 112 valence electrons. The van der Waals surface area contributed by atoms with Gasteiger partial charge in [0.25, 0.3) is 0 Å². The number of unbranched alkanes of at least 4 members (excludes halogenated alkanes) is 1. The predicted molar refractivity (Wildman–Crippen MR) is 80.4 cm³/mol. The Labute approximate surface area is 121 Å². The standard InChI is InChI=1S/C17H27NO2/c1-3-5-6-11(4-2)10-18-16(19)14-12-7-8-13(9-12)15(14)17(18)20/h11-13,19-20H,3-10H2,1-2H3. The molecular formula is C17H27NO2. The largest absolute Gasteiger partial charge is 0.494 e. The topological polar surface area (TPSA) is 45.4 Å². The van der Waals surface area contributed by atoms with E-state index in [1.165, 1.54) is 32.1 Å². The Morgan fingerprint density at radius 2 is 1.70 bits per heavy atom. The van der Waals surface area contributed by atoms with Crippen LogP contribution in [0.2, 0.25) is 0 Å². The van der Waals surface area contributed by atoms with E-state index in [0.29, 0.717) is 29.5 Å². The van der Waals surface area contributed by atoms with Crippen molar-refractivity contribution in [3.05, 3.63) is 11.1 Å². The number of hydrogen-bond acceptors (Lipinski definition) is 2. The summed E-state index contributed by atoms with van der Waals surface area (Å²) in [5, 5.41) is 21.1. The van der Waals surface area contributed by atoms with Gasteiger partial charge in [-0.05, 0) is 43.4 Å². The van der Waals surface area contributed by atoms with Gasteiger partial charge in [0.1, 0.15) is 0 Å². The maximum atomic E-state index is 10.5. The van der Waals surface area contributed by atoms with Crippen molar-refractivity contribution in [3.8, 4) is 11.8 Å². The summed E-state index contributed by atoms with van der Waals surface area (Å²) in [7, 11) is 0. The van der Waals surface area contributed by atoms with E-state index in [2.05, 4.69) is 13.8 Å². The van der Waals surface area contributed by atoms with Gasteiger partial charge in [-0.1, -0.05) is 33.1 Å². The van der Waals surface area contributed by atoms with Gasteiger partial charge in [0, 0.05) is 17.7 Å². The van der Waals surface area contributed by atoms with Crippen LogP contribution in [0.5, 0.6) is 11.8 Å². The molecule has 3 atom stereocenters. The number of nitrogens with zero attached hydrogens (tertiary/aromatic N) is 1. The fourth-order valence-corrected chi connectivity index (χ4v) is 4.29. The minimum Gasteiger partial charge on any atom is -0.494 e. The van der Waals surface area contributed by atoms with Gasteiger partial charge in [0.15, 0.2) is 11.8 Å². The summed E-state index contributed by atoms with van der Waals surface area (Å²) >= 11 is 0. The highest BCUT2D eigenvalue weighted by molar-refractivity contribution is 5.54. The van der Waals surface area contributed by atoms with Crippen LogP contribution >= 0.6 is 0 Å². The molecule has 0 radical (unpaired) electrons. The zero-order valence-corrected chi connectivity index (χ0v) is 12.7. The van der Waals surface area contributed by atoms with Crippen LogP contribution in [0.3, 0.4) is 0 Å². The van der Waals surface area contributed by atoms with Crippen LogP contribution in [0, 0.1) is 5.92 Å². The van der Waals surface area contributed by atoms with Crippen molar-refractivity contribution in [3.63, 3.8) is 0 Å². The van der Waals surface area contributed by atoms with Crippen molar-refractivity contribution in [2.75, 3.05) is 0 Å². The van der Waals surface area contributed by atoms with Crippen LogP contribution in [0.15, 0.2) is 0 Å². The van der Waals surface area contributed by atoms with Crippen LogP contribution in [-0.2, 0) is 6.54 Å². The zero-order valence-electron chi connectivity index (χ0n) is 12.7. The van der Waals surface area contributed by atoms with E-state index in [9.17, 15) is 10.2 Å². The van der Waals surface area contributed by atoms with Gasteiger partial charge in [0.05, 0.1) is 0 Å². The lowest BCUT2D eigenvalue weighted by Gasteiger charge is -2.17. The van der Waals surface area contributed by atoms with Gasteiger partial charge in [-0.25, -0.2) is 0 Å². The lowest BCUT2D eigenvalue weighted by atomic mass is 9.95. The molecule has 3 nitrogen and oxygen atoms in total. The van der Waals surface area contributed by atoms with Crippen molar-refractivity contribution in [2.24, 2.45) is 5.92 Å². The van der Waals surface area contributed by atoms with Crippen molar-refractivity contribution >= 4 is 0 Å². The highest BCUT2D eigenvalue weighted by atomic mass is 16.3. The molecule has 1 saturated carbocycles. The van der Waals surface area contributed by atoms with Crippen LogP contribution in [0.4, 0.5) is 0 Å². The summed E-state index contributed by atoms with van der Waals surface area (Å²) in [6.45, 7) is 5.18. The Morgan fingerprint density at radius 1 is 1.10 bits per heavy atom. The molecule has 3 heteroatoms. The van der Waals surface area contributed by atoms with Crippen molar-refractivity contribution < 1.29 is 10.2 Å². The SMILES string of the molecule is CCCCC(CC)Cn1c(O)c2c(c1O)C1CCC2C1. The lowest BCUT2D eigenvalue weighted by Crippen LogP contribution is -2.10. The highest BCUT2D eigenvalue weighted by Gasteiger charge is 2.44. The zero-order chi connectivity index (χ0) is 14.3. The average Bonchev–Trinajstić information content (AvgIpc) is 3.12. The van der Waals surface area contributed by atoms with Gasteiger partial charge in [-0.3, -0.25) is 4.57 Å². The Balaban J connectivity index is 1.84. The van der Waals surface area contributed by atoms with E-state index < -0.39 is 0 Å². The first-order chi connectivity index (χ1) is 9.67. The smallest absolute Gasteiger partial charge is 0.197 e. The first kappa shape index (κ1) is 13.8. The number of fused-ring (bicyclic) bond motifs is 5. The fourth-order valence-electron chi connectivity index (χ4n) is 4.29. The molecule has 1 aromatic heterocycles. The van der Waals surface area contributed by atoms with Crippen molar-refractivity contribution in [2.45, 2.75) is 77.2 Å². The van der Waals surface area contributed by atoms with E-state index in [1.54, 1.807) is 4.57 Å². The molecule has 0 aliphatic heterocycles. The molecule has 1 heterocycles. The Morgan fingerprint density at radius 3 is 2.20 bits per heavy atom. The van der Waals surface area contributed by atoms with Gasteiger partial charge < -0.3 is 10.2 Å². The number of aromatic nitrogens is 1. The summed E-state index contributed by atoms with van der Waals surface area (Å²) in [6.07, 6.45) is 8.23. The maximum absolute atomic E-state index is 10.5. The third kappa shape index (κ3) is 2.02. The molecule has 2 bridgehead atoms. The molecular weight excluding hydrogens is 250 g/mol. The van der Waals surface area contributed by atoms with Crippen LogP contribution in [0.25, 0.3) is 0 Å². The maximum Gasteiger partial charge on any atom is 0.197 e. The van der Waals surface area contributed by atoms with Crippen molar-refractivity contribution in [1.82, 2.24) is 4.57 Å². The highest BCUT2D eigenvalue weighted by Crippen LogP contribution is 2.59. The van der Waals surface area contributed by atoms with E-state index >= 15 is 0 Å². The van der Waals surface area contributed by atoms with E-state index in [-0.39, 0.29) is 0 Å². The lowest BCUT2D eigenvalue weighted by molar-refractivity contribution is 0.311. The second-order valence-corrected chi connectivity index (χ2v) is 6.71. The number of rotatable bonds is 6. The molecule has 0 amide bonds. The third-order valence-corrected chi connectivity index (χ3v) is 5.52. The minimum absolute atomic E-state index is 0.361. The minimum atomic E-state index is 0.361. The van der Waals surface area contributed by atoms with E-state index in [1.807, 2.05) is 0 Å². The number of hydrogen-bond donors (Lipinski definition) is 2. The fraction of sp³-hybridized carbons (Fsp3) is 0.765. The molecule has 1 fully saturated rings. The Bertz CT molecular complexity index is 458. The van der Waals surface area contributed by atoms with Gasteiger partial charge in [-0.2, -0.15) is 0 Å². The predicted octanol–water partition coefficient (Wildman–Crippen LogP) is 4.48. The van der Waals surface area contributed by atoms with Crippen LogP contribution in [-0.4, -0.2) is 14.8 Å². The first-order valence-corrected chi connectivity index (χ1v) is 8.31. The monoisotopic (exact) mass is 277 g/mol. The quantitative estimate of drug-likeness (QED) is 0.805. The summed E-state index contributed by atoms with van der Waals surface area (Å²) in [4.78, 5) is 0. The van der Waals surface area contributed by atoms with E-state index in [0.717, 1.165) is 30.5 Å². The first-order valence-electron chi connectivity index (χ1n) is 8.31. The van der Waals surface area contributed by atoms with Gasteiger partial charge in [-0.15, -0.1) is 0 Å². The molecule has 0 aromatic carbocycles. The summed E-state index contributed by atoms with van der Waals surface area (Å²) < 4.78 is 1.79. The van der Waals surface area contributed by atoms with Crippen LogP contribution in [0.1, 0.15) is 81.8 Å². The van der Waals surface area contributed by atoms with E-state index in [4.69, 9.17) is 0 Å². The molecule has 1 aromatic rings. The van der Waals surface area contributed by atoms with Gasteiger partial charge >= 0.3 is 0 Å².